The van der Waals surface area contributed by atoms with Crippen molar-refractivity contribution in [3.63, 3.8) is 0 Å². The van der Waals surface area contributed by atoms with E-state index in [9.17, 15) is 9.90 Å². The van der Waals surface area contributed by atoms with Gasteiger partial charge in [-0.15, -0.1) is 0 Å². The van der Waals surface area contributed by atoms with Gasteiger partial charge >= 0.3 is 0 Å². The van der Waals surface area contributed by atoms with Crippen LogP contribution < -0.4 is 5.73 Å². The van der Waals surface area contributed by atoms with Crippen LogP contribution in [0.2, 0.25) is 0 Å². The van der Waals surface area contributed by atoms with E-state index in [0.717, 1.165) is 5.56 Å². The monoisotopic (exact) mass is 250 g/mol. The van der Waals surface area contributed by atoms with Crippen molar-refractivity contribution in [1.82, 2.24) is 4.90 Å². The summed E-state index contributed by atoms with van der Waals surface area (Å²) in [6.45, 7) is 3.60. The summed E-state index contributed by atoms with van der Waals surface area (Å²) in [5.74, 6) is -0.152. The Labute approximate surface area is 108 Å². The number of nitrogens with two attached hydrogens (primary N) is 1. The standard InChI is InChI=1S/C14H22N2O2/c1-14(2,18)10-16(3)13(17)12(15)9-11-7-5-4-6-8-11/h4-8,12,18H,9-10,15H2,1-3H3. The molecule has 1 atom stereocenters. The molecule has 0 heterocycles. The van der Waals surface area contributed by atoms with E-state index in [4.69, 9.17) is 5.73 Å². The first kappa shape index (κ1) is 14.7. The summed E-state index contributed by atoms with van der Waals surface area (Å²) in [7, 11) is 1.66. The van der Waals surface area contributed by atoms with Gasteiger partial charge in [0.1, 0.15) is 0 Å². The SMILES string of the molecule is CN(CC(C)(C)O)C(=O)C(N)Cc1ccccc1. The summed E-state index contributed by atoms with van der Waals surface area (Å²) < 4.78 is 0. The molecule has 0 saturated carbocycles. The molecule has 0 aliphatic rings. The van der Waals surface area contributed by atoms with Gasteiger partial charge < -0.3 is 15.7 Å². The number of carbonyl (C=O) groups excluding carboxylic acids is 1. The molecule has 3 N–H and O–H groups in total. The third-order valence-corrected chi connectivity index (χ3v) is 2.62. The highest BCUT2D eigenvalue weighted by Gasteiger charge is 2.23. The van der Waals surface area contributed by atoms with E-state index in [0.29, 0.717) is 6.42 Å². The number of hydrogen-bond donors (Lipinski definition) is 2. The number of carbonyl (C=O) groups is 1. The van der Waals surface area contributed by atoms with Crippen molar-refractivity contribution < 1.29 is 9.90 Å². The van der Waals surface area contributed by atoms with Crippen LogP contribution in [0.5, 0.6) is 0 Å². The average molecular weight is 250 g/mol. The van der Waals surface area contributed by atoms with Gasteiger partial charge in [-0.2, -0.15) is 0 Å². The van der Waals surface area contributed by atoms with Crippen molar-refractivity contribution in [2.45, 2.75) is 31.9 Å². The molecule has 0 saturated heterocycles. The molecule has 1 unspecified atom stereocenters. The number of aliphatic hydroxyl groups is 1. The van der Waals surface area contributed by atoms with Crippen LogP contribution in [0.3, 0.4) is 0 Å². The third-order valence-electron chi connectivity index (χ3n) is 2.62. The lowest BCUT2D eigenvalue weighted by Gasteiger charge is -2.27. The summed E-state index contributed by atoms with van der Waals surface area (Å²) >= 11 is 0. The smallest absolute Gasteiger partial charge is 0.239 e. The lowest BCUT2D eigenvalue weighted by atomic mass is 10.0. The topological polar surface area (TPSA) is 66.6 Å². The molecular formula is C14H22N2O2. The molecule has 1 aromatic carbocycles. The Morgan fingerprint density at radius 1 is 1.39 bits per heavy atom. The zero-order valence-corrected chi connectivity index (χ0v) is 11.3. The van der Waals surface area contributed by atoms with Crippen LogP contribution in [0.15, 0.2) is 30.3 Å². The molecule has 0 aliphatic heterocycles. The Morgan fingerprint density at radius 3 is 2.44 bits per heavy atom. The molecule has 4 nitrogen and oxygen atoms in total. The molecule has 0 aromatic heterocycles. The van der Waals surface area contributed by atoms with Gasteiger partial charge in [0.15, 0.2) is 0 Å². The Balaban J connectivity index is 2.56. The molecule has 0 bridgehead atoms. The summed E-state index contributed by atoms with van der Waals surface area (Å²) in [6.07, 6.45) is 0.510. The van der Waals surface area contributed by atoms with Crippen molar-refractivity contribution in [1.29, 1.82) is 0 Å². The number of rotatable bonds is 5. The Kier molecular flexibility index (Phi) is 4.87. The fourth-order valence-electron chi connectivity index (χ4n) is 1.90. The number of nitrogens with zero attached hydrogens (tertiary/aromatic N) is 1. The molecule has 0 aliphatic carbocycles. The van der Waals surface area contributed by atoms with Gasteiger partial charge in [0.05, 0.1) is 11.6 Å². The first-order chi connectivity index (χ1) is 8.29. The highest BCUT2D eigenvalue weighted by Crippen LogP contribution is 2.07. The summed E-state index contributed by atoms with van der Waals surface area (Å²) in [5, 5.41) is 9.67. The van der Waals surface area contributed by atoms with Crippen LogP contribution in [0, 0.1) is 0 Å². The summed E-state index contributed by atoms with van der Waals surface area (Å²) in [4.78, 5) is 13.5. The summed E-state index contributed by atoms with van der Waals surface area (Å²) in [6, 6.07) is 9.10. The van der Waals surface area contributed by atoms with E-state index in [-0.39, 0.29) is 12.5 Å². The van der Waals surface area contributed by atoms with Crippen LogP contribution in [0.25, 0.3) is 0 Å². The van der Waals surface area contributed by atoms with Crippen LogP contribution >= 0.6 is 0 Å². The van der Waals surface area contributed by atoms with Gasteiger partial charge in [-0.25, -0.2) is 0 Å². The highest BCUT2D eigenvalue weighted by molar-refractivity contribution is 5.81. The Morgan fingerprint density at radius 2 is 1.94 bits per heavy atom. The first-order valence-electron chi connectivity index (χ1n) is 6.06. The normalized spacial score (nSPS) is 13.2. The van der Waals surface area contributed by atoms with Gasteiger partial charge in [0, 0.05) is 13.6 Å². The Bertz CT molecular complexity index is 385. The second-order valence-corrected chi connectivity index (χ2v) is 5.30. The lowest BCUT2D eigenvalue weighted by molar-refractivity contribution is -0.133. The second kappa shape index (κ2) is 5.98. The van der Waals surface area contributed by atoms with Crippen LogP contribution in [-0.4, -0.2) is 41.1 Å². The zero-order chi connectivity index (χ0) is 13.8. The average Bonchev–Trinajstić information content (AvgIpc) is 2.27. The quantitative estimate of drug-likeness (QED) is 0.812. The molecule has 0 radical (unpaired) electrons. The van der Waals surface area contributed by atoms with Crippen LogP contribution in [-0.2, 0) is 11.2 Å². The van der Waals surface area contributed by atoms with Crippen molar-refractivity contribution in [2.24, 2.45) is 5.73 Å². The minimum atomic E-state index is -0.906. The number of likely N-dealkylation sites (N-methyl/N-ethyl adjacent to an activating group) is 1. The maximum atomic E-state index is 12.0. The van der Waals surface area contributed by atoms with E-state index in [1.54, 1.807) is 20.9 Å². The second-order valence-electron chi connectivity index (χ2n) is 5.30. The minimum absolute atomic E-state index is 0.152. The lowest BCUT2D eigenvalue weighted by Crippen LogP contribution is -2.47. The van der Waals surface area contributed by atoms with Crippen molar-refractivity contribution in [2.75, 3.05) is 13.6 Å². The van der Waals surface area contributed by atoms with E-state index in [2.05, 4.69) is 0 Å². The van der Waals surface area contributed by atoms with Crippen LogP contribution in [0.1, 0.15) is 19.4 Å². The van der Waals surface area contributed by atoms with E-state index >= 15 is 0 Å². The van der Waals surface area contributed by atoms with Crippen molar-refractivity contribution in [3.05, 3.63) is 35.9 Å². The van der Waals surface area contributed by atoms with Crippen LogP contribution in [0.4, 0.5) is 0 Å². The zero-order valence-electron chi connectivity index (χ0n) is 11.3. The van der Waals surface area contributed by atoms with Gasteiger partial charge in [0.2, 0.25) is 5.91 Å². The maximum absolute atomic E-state index is 12.0. The maximum Gasteiger partial charge on any atom is 0.239 e. The fraction of sp³-hybridized carbons (Fsp3) is 0.500. The minimum Gasteiger partial charge on any atom is -0.389 e. The van der Waals surface area contributed by atoms with E-state index in [1.807, 2.05) is 30.3 Å². The summed E-state index contributed by atoms with van der Waals surface area (Å²) in [5.41, 5.74) is 6.03. The first-order valence-corrected chi connectivity index (χ1v) is 6.06. The van der Waals surface area contributed by atoms with E-state index < -0.39 is 11.6 Å². The molecule has 0 spiro atoms. The Hall–Kier alpha value is -1.39. The van der Waals surface area contributed by atoms with Gasteiger partial charge in [-0.3, -0.25) is 4.79 Å². The molecule has 1 rings (SSSR count). The predicted octanol–water partition coefficient (Wildman–Crippen LogP) is 0.786. The molecule has 4 heteroatoms. The van der Waals surface area contributed by atoms with Gasteiger partial charge in [0.25, 0.3) is 0 Å². The van der Waals surface area contributed by atoms with Gasteiger partial charge in [-0.1, -0.05) is 30.3 Å². The number of benzene rings is 1. The number of hydrogen-bond acceptors (Lipinski definition) is 3. The van der Waals surface area contributed by atoms with Crippen molar-refractivity contribution in [3.8, 4) is 0 Å². The van der Waals surface area contributed by atoms with Gasteiger partial charge in [-0.05, 0) is 25.8 Å². The third kappa shape index (κ3) is 4.85. The highest BCUT2D eigenvalue weighted by atomic mass is 16.3. The fourth-order valence-corrected chi connectivity index (χ4v) is 1.90. The molecule has 1 amide bonds. The molecule has 0 fully saturated rings. The molecule has 100 valence electrons. The van der Waals surface area contributed by atoms with Crippen molar-refractivity contribution >= 4 is 5.91 Å². The van der Waals surface area contributed by atoms with E-state index in [1.165, 1.54) is 4.90 Å². The number of amides is 1. The predicted molar refractivity (Wildman–Crippen MR) is 72.1 cm³/mol. The molecular weight excluding hydrogens is 228 g/mol. The molecule has 18 heavy (non-hydrogen) atoms. The largest absolute Gasteiger partial charge is 0.389 e. The molecule has 1 aromatic rings.